The minimum atomic E-state index is -0.136. The maximum Gasteiger partial charge on any atom is 0.188 e. The minimum Gasteiger partial charge on any atom is -0.507 e. The maximum absolute atomic E-state index is 12.9. The number of rotatable bonds is 6. The third kappa shape index (κ3) is 6.33. The molecule has 2 aromatic carbocycles. The van der Waals surface area contributed by atoms with Crippen LogP contribution in [0, 0.1) is 0 Å². The van der Waals surface area contributed by atoms with Gasteiger partial charge in [-0.25, -0.2) is 0 Å². The summed E-state index contributed by atoms with van der Waals surface area (Å²) in [5.41, 5.74) is 1.06. The van der Waals surface area contributed by atoms with E-state index in [4.69, 9.17) is 0 Å². The van der Waals surface area contributed by atoms with E-state index in [1.165, 1.54) is 50.8 Å². The summed E-state index contributed by atoms with van der Waals surface area (Å²) in [4.78, 5) is 28.7. The lowest BCUT2D eigenvalue weighted by Gasteiger charge is -2.10. The number of aliphatic hydroxyl groups is 1. The third-order valence-electron chi connectivity index (χ3n) is 5.40. The van der Waals surface area contributed by atoms with Gasteiger partial charge in [-0.15, -0.1) is 11.3 Å². The first kappa shape index (κ1) is 27.1. The van der Waals surface area contributed by atoms with E-state index in [0.717, 1.165) is 20.1 Å². The van der Waals surface area contributed by atoms with Gasteiger partial charge in [0.05, 0.1) is 9.77 Å². The highest BCUT2D eigenvalue weighted by atomic mass is 33.1. The van der Waals surface area contributed by atoms with E-state index in [0.29, 0.717) is 25.6 Å². The first-order valence-electron chi connectivity index (χ1n) is 11.3. The highest BCUT2D eigenvalue weighted by Crippen LogP contribution is 2.47. The third-order valence-corrected chi connectivity index (χ3v) is 10.3. The number of aromatic hydroxyl groups is 1. The van der Waals surface area contributed by atoms with Gasteiger partial charge in [-0.1, -0.05) is 70.3 Å². The zero-order valence-corrected chi connectivity index (χ0v) is 23.5. The van der Waals surface area contributed by atoms with Crippen molar-refractivity contribution in [3.63, 3.8) is 0 Å². The van der Waals surface area contributed by atoms with Crippen molar-refractivity contribution in [2.24, 2.45) is 0 Å². The second-order valence-electron chi connectivity index (χ2n) is 8.04. The van der Waals surface area contributed by atoms with Crippen LogP contribution in [0.1, 0.15) is 35.5 Å². The van der Waals surface area contributed by atoms with Gasteiger partial charge in [-0.3, -0.25) is 9.59 Å². The molecule has 0 radical (unpaired) electrons. The van der Waals surface area contributed by atoms with Crippen molar-refractivity contribution in [3.8, 4) is 5.75 Å². The van der Waals surface area contributed by atoms with Crippen LogP contribution in [0.25, 0.3) is 15.8 Å². The number of carbonyl (C=O) groups is 1. The number of thioether (sulfide) groups is 1. The average molecular weight is 565 g/mol. The normalized spacial score (nSPS) is 16.0. The molecule has 0 unspecified atom stereocenters. The fraction of sp³-hybridized carbons (Fsp3) is 0.103. The summed E-state index contributed by atoms with van der Waals surface area (Å²) in [5, 5.41) is 22.1. The molecule has 4 nitrogen and oxygen atoms in total. The number of carbonyl (C=O) groups excluding carboxylic acids is 1. The van der Waals surface area contributed by atoms with Crippen LogP contribution < -0.4 is 5.43 Å². The molecular formula is C29H24O4S4. The van der Waals surface area contributed by atoms with Crippen LogP contribution in [-0.4, -0.2) is 16.0 Å². The van der Waals surface area contributed by atoms with Crippen molar-refractivity contribution >= 4 is 66.3 Å². The van der Waals surface area contributed by atoms with E-state index in [-0.39, 0.29) is 29.1 Å². The van der Waals surface area contributed by atoms with Gasteiger partial charge in [0, 0.05) is 42.8 Å². The van der Waals surface area contributed by atoms with Crippen molar-refractivity contribution in [2.75, 3.05) is 0 Å². The second kappa shape index (κ2) is 12.1. The molecule has 37 heavy (non-hydrogen) atoms. The lowest BCUT2D eigenvalue weighted by atomic mass is 10.0. The molecule has 0 aliphatic carbocycles. The van der Waals surface area contributed by atoms with Crippen LogP contribution >= 0.6 is 44.7 Å². The average Bonchev–Trinajstić information content (AvgIpc) is 3.00. The molecule has 3 aromatic rings. The number of aliphatic hydroxyl groups excluding tert-OH is 1. The Balaban J connectivity index is 1.56. The van der Waals surface area contributed by atoms with Gasteiger partial charge in [0.1, 0.15) is 11.5 Å². The smallest absolute Gasteiger partial charge is 0.188 e. The predicted octanol–water partition coefficient (Wildman–Crippen LogP) is 8.90. The monoisotopic (exact) mass is 564 g/mol. The quantitative estimate of drug-likeness (QED) is 0.176. The predicted molar refractivity (Wildman–Crippen MR) is 161 cm³/mol. The highest BCUT2D eigenvalue weighted by Gasteiger charge is 2.24. The number of fused-ring (bicyclic) bond motifs is 2. The lowest BCUT2D eigenvalue weighted by Crippen LogP contribution is -2.00. The summed E-state index contributed by atoms with van der Waals surface area (Å²) in [6, 6.07) is 12.2. The molecule has 4 rings (SSSR count). The number of phenolic OH excluding ortho intramolecular Hbond substituents is 1. The van der Waals surface area contributed by atoms with E-state index in [2.05, 4.69) is 6.58 Å². The van der Waals surface area contributed by atoms with E-state index >= 15 is 0 Å². The summed E-state index contributed by atoms with van der Waals surface area (Å²) >= 11 is 2.70. The molecule has 1 aliphatic rings. The van der Waals surface area contributed by atoms with Gasteiger partial charge in [0.15, 0.2) is 11.2 Å². The first-order valence-corrected chi connectivity index (χ1v) is 15.1. The Morgan fingerprint density at radius 1 is 1.14 bits per heavy atom. The Hall–Kier alpha value is -2.91. The molecule has 0 amide bonds. The molecular weight excluding hydrogens is 541 g/mol. The van der Waals surface area contributed by atoms with Gasteiger partial charge in [-0.05, 0) is 55.8 Å². The van der Waals surface area contributed by atoms with E-state index in [1.54, 1.807) is 24.3 Å². The van der Waals surface area contributed by atoms with Crippen LogP contribution in [0.3, 0.4) is 0 Å². The van der Waals surface area contributed by atoms with Crippen LogP contribution in [0.4, 0.5) is 0 Å². The van der Waals surface area contributed by atoms with Crippen LogP contribution in [-0.2, 0) is 0 Å². The molecule has 0 saturated heterocycles. The van der Waals surface area contributed by atoms with E-state index in [9.17, 15) is 19.8 Å². The van der Waals surface area contributed by atoms with Crippen molar-refractivity contribution in [3.05, 3.63) is 115 Å². The number of phenols is 1. The Kier molecular flexibility index (Phi) is 8.87. The lowest BCUT2D eigenvalue weighted by molar-refractivity contribution is 0.0990. The zero-order chi connectivity index (χ0) is 26.5. The summed E-state index contributed by atoms with van der Waals surface area (Å²) in [6.45, 7) is 7.82. The SMILES string of the molecule is C=C1CC(=O)c2cc(SSC(=C/C)/C=C(/O)c3cc(=O)c4ccccc4s3)cc(O)c2S/C1=C/C=C\C. The van der Waals surface area contributed by atoms with Crippen molar-refractivity contribution in [1.82, 2.24) is 0 Å². The van der Waals surface area contributed by atoms with Crippen molar-refractivity contribution in [1.29, 1.82) is 0 Å². The van der Waals surface area contributed by atoms with Crippen LogP contribution in [0.2, 0.25) is 0 Å². The fourth-order valence-electron chi connectivity index (χ4n) is 3.53. The largest absolute Gasteiger partial charge is 0.507 e. The van der Waals surface area contributed by atoms with Gasteiger partial charge >= 0.3 is 0 Å². The summed E-state index contributed by atoms with van der Waals surface area (Å²) in [5.74, 6) is -0.0418. The molecule has 0 atom stereocenters. The Bertz CT molecular complexity index is 1570. The molecule has 8 heteroatoms. The summed E-state index contributed by atoms with van der Waals surface area (Å²) in [6.07, 6.45) is 9.34. The molecule has 0 bridgehead atoms. The van der Waals surface area contributed by atoms with Crippen LogP contribution in [0.15, 0.2) is 109 Å². The Morgan fingerprint density at radius 3 is 2.68 bits per heavy atom. The maximum atomic E-state index is 12.9. The second-order valence-corrected chi connectivity index (χ2v) is 12.5. The number of Topliss-reactive ketones (excluding diaryl/α,β-unsaturated/α-hetero) is 1. The van der Waals surface area contributed by atoms with Crippen LogP contribution in [0.5, 0.6) is 5.75 Å². The highest BCUT2D eigenvalue weighted by molar-refractivity contribution is 8.78. The van der Waals surface area contributed by atoms with Gasteiger partial charge in [-0.2, -0.15) is 0 Å². The molecule has 2 heterocycles. The molecule has 2 N–H and O–H groups in total. The first-order chi connectivity index (χ1) is 17.8. The Morgan fingerprint density at radius 2 is 1.92 bits per heavy atom. The summed E-state index contributed by atoms with van der Waals surface area (Å²) < 4.78 is 0.809. The standard InChI is InChI=1S/C29H24O4S4/c1-4-6-10-26-17(3)12-22(30)21-13-19(15-25(33)29(21)35-26)37-36-18(5-2)14-24(32)28-16-23(31)20-9-7-8-11-27(20)34-28/h4-11,13-16,32-33H,3,12H2,1-2H3/b6-4-,18-5+,24-14+,26-10+. The molecule has 0 fully saturated rings. The molecule has 188 valence electrons. The summed E-state index contributed by atoms with van der Waals surface area (Å²) in [7, 11) is 2.76. The number of benzene rings is 2. The number of ketones is 1. The molecule has 1 aromatic heterocycles. The Labute approximate surface area is 231 Å². The van der Waals surface area contributed by atoms with Crippen molar-refractivity contribution < 1.29 is 15.0 Å². The van der Waals surface area contributed by atoms with Gasteiger partial charge in [0.2, 0.25) is 0 Å². The number of hydrogen-bond donors (Lipinski definition) is 2. The topological polar surface area (TPSA) is 74.6 Å². The molecule has 1 aliphatic heterocycles. The molecule has 0 saturated carbocycles. The minimum absolute atomic E-state index is 0.00404. The molecule has 0 spiro atoms. The van der Waals surface area contributed by atoms with Gasteiger partial charge in [0.25, 0.3) is 0 Å². The fourth-order valence-corrected chi connectivity index (χ4v) is 7.63. The van der Waals surface area contributed by atoms with Crippen molar-refractivity contribution in [2.45, 2.75) is 30.1 Å². The van der Waals surface area contributed by atoms with Gasteiger partial charge < -0.3 is 10.2 Å². The van der Waals surface area contributed by atoms with E-state index < -0.39 is 0 Å². The zero-order valence-electron chi connectivity index (χ0n) is 20.2. The number of allylic oxidation sites excluding steroid dienone is 6. The number of hydrogen-bond acceptors (Lipinski definition) is 8. The van der Waals surface area contributed by atoms with E-state index in [1.807, 2.05) is 56.4 Å².